The van der Waals surface area contributed by atoms with Crippen molar-refractivity contribution < 1.29 is 0 Å². The van der Waals surface area contributed by atoms with E-state index in [2.05, 4.69) is 15.2 Å². The van der Waals surface area contributed by atoms with Crippen molar-refractivity contribution in [2.24, 2.45) is 4.99 Å². The molecule has 4 nitrogen and oxygen atoms in total. The fraction of sp³-hybridized carbons (Fsp3) is 0.333. The molecule has 0 radical (unpaired) electrons. The van der Waals surface area contributed by atoms with Gasteiger partial charge in [0.2, 0.25) is 0 Å². The first kappa shape index (κ1) is 13.6. The number of hydrogen-bond acceptors (Lipinski definition) is 4. The van der Waals surface area contributed by atoms with Crippen molar-refractivity contribution >= 4 is 22.6 Å². The molecule has 0 aliphatic rings. The van der Waals surface area contributed by atoms with Crippen LogP contribution in [-0.4, -0.2) is 30.4 Å². The first-order valence-corrected chi connectivity index (χ1v) is 6.39. The van der Waals surface area contributed by atoms with E-state index in [0.29, 0.717) is 5.17 Å². The number of nitriles is 1. The van der Waals surface area contributed by atoms with Gasteiger partial charge in [0.25, 0.3) is 0 Å². The molecule has 0 saturated heterocycles. The fourth-order valence-electron chi connectivity index (χ4n) is 1.33. The van der Waals surface area contributed by atoms with Gasteiger partial charge in [0.15, 0.2) is 11.4 Å². The second-order valence-corrected chi connectivity index (χ2v) is 4.56. The highest BCUT2D eigenvalue weighted by Crippen LogP contribution is 2.15. The van der Waals surface area contributed by atoms with Crippen LogP contribution < -0.4 is 5.32 Å². The lowest BCUT2D eigenvalue weighted by molar-refractivity contribution is 0.402. The summed E-state index contributed by atoms with van der Waals surface area (Å²) in [5.74, 6) is 0. The summed E-state index contributed by atoms with van der Waals surface area (Å²) in [5, 5.41) is 11.7. The molecule has 0 aliphatic heterocycles. The van der Waals surface area contributed by atoms with Crippen LogP contribution in [0.15, 0.2) is 29.3 Å². The maximum absolute atomic E-state index is 8.53. The number of hydrogen-bond donors (Lipinski definition) is 1. The summed E-state index contributed by atoms with van der Waals surface area (Å²) in [4.78, 5) is 6.43. The summed E-state index contributed by atoms with van der Waals surface area (Å²) < 4.78 is 0. The number of amidine groups is 1. The molecular formula is C12H16N4S. The highest BCUT2D eigenvalue weighted by molar-refractivity contribution is 8.13. The van der Waals surface area contributed by atoms with E-state index in [1.807, 2.05) is 50.8 Å². The number of benzene rings is 1. The zero-order valence-corrected chi connectivity index (χ0v) is 11.1. The predicted octanol–water partition coefficient (Wildman–Crippen LogP) is 2.17. The van der Waals surface area contributed by atoms with E-state index in [9.17, 15) is 0 Å². The average molecular weight is 248 g/mol. The van der Waals surface area contributed by atoms with E-state index in [1.54, 1.807) is 0 Å². The summed E-state index contributed by atoms with van der Waals surface area (Å²) in [7, 11) is 4.07. The molecular weight excluding hydrogens is 232 g/mol. The van der Waals surface area contributed by atoms with Crippen LogP contribution in [0, 0.1) is 11.5 Å². The maximum Gasteiger partial charge on any atom is 0.183 e. The Morgan fingerprint density at radius 3 is 2.53 bits per heavy atom. The molecule has 1 rings (SSSR count). The molecule has 0 aromatic heterocycles. The zero-order valence-electron chi connectivity index (χ0n) is 10.3. The summed E-state index contributed by atoms with van der Waals surface area (Å²) >= 11 is 1.41. The molecule has 1 aromatic carbocycles. The van der Waals surface area contributed by atoms with E-state index in [0.717, 1.165) is 12.2 Å². The van der Waals surface area contributed by atoms with E-state index >= 15 is 0 Å². The summed E-state index contributed by atoms with van der Waals surface area (Å²) in [6.07, 6.45) is 3.75. The van der Waals surface area contributed by atoms with Gasteiger partial charge >= 0.3 is 0 Å². The third kappa shape index (κ3) is 4.89. The summed E-state index contributed by atoms with van der Waals surface area (Å²) in [6, 6.07) is 7.99. The van der Waals surface area contributed by atoms with Gasteiger partial charge in [-0.1, -0.05) is 23.9 Å². The first-order chi connectivity index (χ1) is 8.15. The van der Waals surface area contributed by atoms with Crippen LogP contribution in [0.25, 0.3) is 0 Å². The van der Waals surface area contributed by atoms with Crippen LogP contribution in [0.2, 0.25) is 0 Å². The number of thioether (sulfide) groups is 1. The van der Waals surface area contributed by atoms with E-state index < -0.39 is 0 Å². The molecule has 0 atom stereocenters. The molecule has 0 unspecified atom stereocenters. The lowest BCUT2D eigenvalue weighted by Crippen LogP contribution is -2.12. The van der Waals surface area contributed by atoms with Crippen molar-refractivity contribution in [3.8, 4) is 6.19 Å². The minimum Gasteiger partial charge on any atom is -0.305 e. The molecule has 0 spiro atoms. The lowest BCUT2D eigenvalue weighted by Gasteiger charge is -2.09. The van der Waals surface area contributed by atoms with Gasteiger partial charge in [-0.15, -0.1) is 0 Å². The van der Waals surface area contributed by atoms with Crippen LogP contribution in [0.5, 0.6) is 0 Å². The first-order valence-electron chi connectivity index (χ1n) is 5.17. The Hall–Kier alpha value is -1.51. The second-order valence-electron chi connectivity index (χ2n) is 3.76. The van der Waals surface area contributed by atoms with Gasteiger partial charge in [0.05, 0.1) is 5.69 Å². The standard InChI is InChI=1S/C12H16N4S/c1-16(2)8-10-4-6-11(7-5-10)15-12(17-3)14-9-13/h4-7H,8H2,1-3H3,(H,14,15). The van der Waals surface area contributed by atoms with Gasteiger partial charge < -0.3 is 4.90 Å². The maximum atomic E-state index is 8.53. The third-order valence-corrected chi connectivity index (χ3v) is 2.60. The van der Waals surface area contributed by atoms with Crippen molar-refractivity contribution in [3.63, 3.8) is 0 Å². The molecule has 5 heteroatoms. The highest BCUT2D eigenvalue weighted by Gasteiger charge is 1.98. The molecule has 0 fully saturated rings. The molecule has 1 N–H and O–H groups in total. The molecule has 0 aliphatic carbocycles. The smallest absolute Gasteiger partial charge is 0.183 e. The van der Waals surface area contributed by atoms with Gasteiger partial charge in [-0.2, -0.15) is 5.26 Å². The molecule has 17 heavy (non-hydrogen) atoms. The fourth-order valence-corrected chi connectivity index (χ4v) is 1.68. The van der Waals surface area contributed by atoms with E-state index in [1.165, 1.54) is 17.3 Å². The summed E-state index contributed by atoms with van der Waals surface area (Å²) in [5.41, 5.74) is 2.09. The van der Waals surface area contributed by atoms with Crippen LogP contribution >= 0.6 is 11.8 Å². The molecule has 1 aromatic rings. The Morgan fingerprint density at radius 1 is 1.41 bits per heavy atom. The number of nitrogens with zero attached hydrogens (tertiary/aromatic N) is 3. The normalized spacial score (nSPS) is 11.4. The molecule has 0 heterocycles. The Kier molecular flexibility index (Phi) is 5.53. The molecule has 0 amide bonds. The van der Waals surface area contributed by atoms with Crippen molar-refractivity contribution in [1.82, 2.24) is 10.2 Å². The van der Waals surface area contributed by atoms with Gasteiger partial charge in [-0.3, -0.25) is 5.32 Å². The number of rotatable bonds is 3. The van der Waals surface area contributed by atoms with Gasteiger partial charge in [-0.25, -0.2) is 4.99 Å². The van der Waals surface area contributed by atoms with E-state index in [4.69, 9.17) is 5.26 Å². The van der Waals surface area contributed by atoms with Crippen molar-refractivity contribution in [1.29, 1.82) is 5.26 Å². The Balaban J connectivity index is 2.77. The minimum atomic E-state index is 0.604. The number of nitrogens with one attached hydrogen (secondary N) is 1. The minimum absolute atomic E-state index is 0.604. The molecule has 90 valence electrons. The zero-order chi connectivity index (χ0) is 12.7. The van der Waals surface area contributed by atoms with Crippen molar-refractivity contribution in [3.05, 3.63) is 29.8 Å². The summed E-state index contributed by atoms with van der Waals surface area (Å²) in [6.45, 7) is 0.913. The van der Waals surface area contributed by atoms with Crippen LogP contribution in [-0.2, 0) is 6.54 Å². The van der Waals surface area contributed by atoms with Gasteiger partial charge in [0, 0.05) is 6.54 Å². The highest BCUT2D eigenvalue weighted by atomic mass is 32.2. The molecule has 0 saturated carbocycles. The third-order valence-electron chi connectivity index (χ3n) is 2.02. The Morgan fingerprint density at radius 2 is 2.06 bits per heavy atom. The van der Waals surface area contributed by atoms with Crippen LogP contribution in [0.3, 0.4) is 0 Å². The Bertz CT molecular complexity index is 417. The number of aliphatic imine (C=N–C) groups is 1. The van der Waals surface area contributed by atoms with Crippen LogP contribution in [0.1, 0.15) is 5.56 Å². The Labute approximate surface area is 106 Å². The largest absolute Gasteiger partial charge is 0.305 e. The van der Waals surface area contributed by atoms with Gasteiger partial charge in [0.1, 0.15) is 0 Å². The lowest BCUT2D eigenvalue weighted by atomic mass is 10.2. The SMILES string of the molecule is CSC(=Nc1ccc(CN(C)C)cc1)NC#N. The quantitative estimate of drug-likeness (QED) is 0.385. The topological polar surface area (TPSA) is 51.4 Å². The van der Waals surface area contributed by atoms with Crippen LogP contribution in [0.4, 0.5) is 5.69 Å². The van der Waals surface area contributed by atoms with E-state index in [-0.39, 0.29) is 0 Å². The van der Waals surface area contributed by atoms with Crippen molar-refractivity contribution in [2.45, 2.75) is 6.54 Å². The molecule has 0 bridgehead atoms. The predicted molar refractivity (Wildman–Crippen MR) is 73.2 cm³/mol. The van der Waals surface area contributed by atoms with Gasteiger partial charge in [-0.05, 0) is 38.0 Å². The van der Waals surface area contributed by atoms with Crippen molar-refractivity contribution in [2.75, 3.05) is 20.4 Å². The average Bonchev–Trinajstić information content (AvgIpc) is 2.30. The second kappa shape index (κ2) is 6.94. The monoisotopic (exact) mass is 248 g/mol.